The number of rotatable bonds is 9. The highest BCUT2D eigenvalue weighted by Gasteiger charge is 2.12. The predicted octanol–water partition coefficient (Wildman–Crippen LogP) is 1.66. The molecule has 0 fully saturated rings. The van der Waals surface area contributed by atoms with Crippen molar-refractivity contribution < 1.29 is 4.74 Å². The number of ether oxygens (including phenoxy) is 1. The topological polar surface area (TPSA) is 65.1 Å². The maximum absolute atomic E-state index is 5.52. The van der Waals surface area contributed by atoms with E-state index in [0.717, 1.165) is 25.0 Å². The van der Waals surface area contributed by atoms with E-state index in [1.165, 1.54) is 0 Å². The minimum atomic E-state index is 0.120. The SMILES string of the molecule is CCOCC(Cc1ccn(C(CC)CC)n1)NN. The first-order valence-electron chi connectivity index (χ1n) is 6.82. The lowest BCUT2D eigenvalue weighted by Crippen LogP contribution is -2.40. The van der Waals surface area contributed by atoms with Crippen LogP contribution in [0.2, 0.25) is 0 Å². The molecule has 5 heteroatoms. The fraction of sp³-hybridized carbons (Fsp3) is 0.769. The third kappa shape index (κ3) is 4.40. The lowest BCUT2D eigenvalue weighted by Gasteiger charge is -2.15. The summed E-state index contributed by atoms with van der Waals surface area (Å²) >= 11 is 0. The second kappa shape index (κ2) is 8.24. The molecule has 5 nitrogen and oxygen atoms in total. The van der Waals surface area contributed by atoms with Crippen molar-refractivity contribution in [3.63, 3.8) is 0 Å². The van der Waals surface area contributed by atoms with Crippen molar-refractivity contribution in [1.29, 1.82) is 0 Å². The molecule has 1 atom stereocenters. The van der Waals surface area contributed by atoms with Crippen molar-refractivity contribution in [1.82, 2.24) is 15.2 Å². The first kappa shape index (κ1) is 15.1. The Bertz CT molecular complexity index is 323. The zero-order chi connectivity index (χ0) is 13.4. The zero-order valence-electron chi connectivity index (χ0n) is 11.7. The Balaban J connectivity index is 2.56. The minimum absolute atomic E-state index is 0.120. The maximum Gasteiger partial charge on any atom is 0.0641 e. The molecular formula is C13H26N4O. The Kier molecular flexibility index (Phi) is 6.93. The zero-order valence-corrected chi connectivity index (χ0v) is 11.7. The van der Waals surface area contributed by atoms with Gasteiger partial charge < -0.3 is 4.74 Å². The summed E-state index contributed by atoms with van der Waals surface area (Å²) < 4.78 is 7.44. The predicted molar refractivity (Wildman–Crippen MR) is 73.2 cm³/mol. The van der Waals surface area contributed by atoms with Gasteiger partial charge in [-0.15, -0.1) is 0 Å². The Morgan fingerprint density at radius 2 is 2.11 bits per heavy atom. The quantitative estimate of drug-likeness (QED) is 0.519. The molecule has 1 aromatic rings. The summed E-state index contributed by atoms with van der Waals surface area (Å²) in [6, 6.07) is 2.68. The van der Waals surface area contributed by atoms with Crippen molar-refractivity contribution in [2.24, 2.45) is 5.84 Å². The van der Waals surface area contributed by atoms with Crippen molar-refractivity contribution in [2.75, 3.05) is 13.2 Å². The van der Waals surface area contributed by atoms with Crippen molar-refractivity contribution >= 4 is 0 Å². The standard InChI is InChI=1S/C13H26N4O/c1-4-13(5-2)17-8-7-11(16-17)9-12(15-14)10-18-6-3/h7-8,12-13,15H,4-6,9-10,14H2,1-3H3. The van der Waals surface area contributed by atoms with Crippen molar-refractivity contribution in [3.05, 3.63) is 18.0 Å². The monoisotopic (exact) mass is 254 g/mol. The number of aromatic nitrogens is 2. The van der Waals surface area contributed by atoms with E-state index in [4.69, 9.17) is 10.6 Å². The average Bonchev–Trinajstić information content (AvgIpc) is 2.84. The highest BCUT2D eigenvalue weighted by atomic mass is 16.5. The van der Waals surface area contributed by atoms with Gasteiger partial charge in [0, 0.05) is 19.2 Å². The molecule has 18 heavy (non-hydrogen) atoms. The van der Waals surface area contributed by atoms with Crippen LogP contribution in [-0.2, 0) is 11.2 Å². The van der Waals surface area contributed by atoms with E-state index in [0.29, 0.717) is 19.3 Å². The summed E-state index contributed by atoms with van der Waals surface area (Å²) in [5.74, 6) is 5.52. The summed E-state index contributed by atoms with van der Waals surface area (Å²) in [5.41, 5.74) is 3.84. The summed E-state index contributed by atoms with van der Waals surface area (Å²) in [5, 5.41) is 4.61. The Hall–Kier alpha value is -0.910. The van der Waals surface area contributed by atoms with Crippen LogP contribution in [0, 0.1) is 0 Å². The molecule has 0 saturated carbocycles. The Labute approximate surface area is 110 Å². The molecule has 1 rings (SSSR count). The van der Waals surface area contributed by atoms with E-state index in [9.17, 15) is 0 Å². The van der Waals surface area contributed by atoms with Crippen LogP contribution in [-0.4, -0.2) is 29.0 Å². The van der Waals surface area contributed by atoms with Gasteiger partial charge >= 0.3 is 0 Å². The van der Waals surface area contributed by atoms with Gasteiger partial charge in [-0.2, -0.15) is 5.10 Å². The van der Waals surface area contributed by atoms with E-state index < -0.39 is 0 Å². The van der Waals surface area contributed by atoms with E-state index in [1.807, 2.05) is 6.92 Å². The van der Waals surface area contributed by atoms with Gasteiger partial charge in [0.05, 0.1) is 24.4 Å². The molecule has 1 unspecified atom stereocenters. The lowest BCUT2D eigenvalue weighted by atomic mass is 10.2. The van der Waals surface area contributed by atoms with Gasteiger partial charge in [-0.25, -0.2) is 0 Å². The van der Waals surface area contributed by atoms with Crippen LogP contribution in [0.3, 0.4) is 0 Å². The molecule has 3 N–H and O–H groups in total. The van der Waals surface area contributed by atoms with E-state index in [1.54, 1.807) is 0 Å². The highest BCUT2D eigenvalue weighted by Crippen LogP contribution is 2.14. The molecule has 0 spiro atoms. The smallest absolute Gasteiger partial charge is 0.0641 e. The fourth-order valence-corrected chi connectivity index (χ4v) is 2.03. The van der Waals surface area contributed by atoms with Crippen LogP contribution in [0.15, 0.2) is 12.3 Å². The molecule has 0 bridgehead atoms. The Morgan fingerprint density at radius 1 is 1.39 bits per heavy atom. The molecule has 1 heterocycles. The van der Waals surface area contributed by atoms with Gasteiger partial charge in [-0.1, -0.05) is 13.8 Å². The van der Waals surface area contributed by atoms with Gasteiger partial charge in [0.15, 0.2) is 0 Å². The van der Waals surface area contributed by atoms with Crippen molar-refractivity contribution in [2.45, 2.75) is 52.1 Å². The van der Waals surface area contributed by atoms with E-state index >= 15 is 0 Å². The molecule has 0 amide bonds. The van der Waals surface area contributed by atoms with Crippen LogP contribution in [0.1, 0.15) is 45.3 Å². The van der Waals surface area contributed by atoms with Crippen LogP contribution in [0.5, 0.6) is 0 Å². The summed E-state index contributed by atoms with van der Waals surface area (Å²) in [6.45, 7) is 7.68. The molecular weight excluding hydrogens is 228 g/mol. The first-order chi connectivity index (χ1) is 8.74. The third-order valence-corrected chi connectivity index (χ3v) is 3.19. The lowest BCUT2D eigenvalue weighted by molar-refractivity contribution is 0.122. The molecule has 1 aromatic heterocycles. The number of nitrogens with one attached hydrogen (secondary N) is 1. The van der Waals surface area contributed by atoms with Crippen LogP contribution in [0.25, 0.3) is 0 Å². The Morgan fingerprint density at radius 3 is 2.67 bits per heavy atom. The largest absolute Gasteiger partial charge is 0.380 e. The van der Waals surface area contributed by atoms with Crippen LogP contribution >= 0.6 is 0 Å². The second-order valence-electron chi connectivity index (χ2n) is 4.48. The molecule has 0 aliphatic carbocycles. The normalized spacial score (nSPS) is 13.2. The van der Waals surface area contributed by atoms with Gasteiger partial charge in [0.2, 0.25) is 0 Å². The summed E-state index contributed by atoms with van der Waals surface area (Å²) in [4.78, 5) is 0. The van der Waals surface area contributed by atoms with E-state index in [-0.39, 0.29) is 6.04 Å². The number of nitrogens with two attached hydrogens (primary N) is 1. The van der Waals surface area contributed by atoms with Crippen molar-refractivity contribution in [3.8, 4) is 0 Å². The highest BCUT2D eigenvalue weighted by molar-refractivity contribution is 5.02. The number of nitrogens with zero attached hydrogens (tertiary/aromatic N) is 2. The molecule has 0 saturated heterocycles. The number of hydrazine groups is 1. The van der Waals surface area contributed by atoms with Gasteiger partial charge in [-0.05, 0) is 25.8 Å². The van der Waals surface area contributed by atoms with Gasteiger partial charge in [0.25, 0.3) is 0 Å². The molecule has 0 radical (unpaired) electrons. The average molecular weight is 254 g/mol. The maximum atomic E-state index is 5.52. The van der Waals surface area contributed by atoms with Crippen LogP contribution < -0.4 is 11.3 Å². The molecule has 0 aliphatic rings. The van der Waals surface area contributed by atoms with Gasteiger partial charge in [0.1, 0.15) is 0 Å². The third-order valence-electron chi connectivity index (χ3n) is 3.19. The van der Waals surface area contributed by atoms with E-state index in [2.05, 4.69) is 41.3 Å². The fourth-order valence-electron chi connectivity index (χ4n) is 2.03. The molecule has 104 valence electrons. The van der Waals surface area contributed by atoms with Gasteiger partial charge in [-0.3, -0.25) is 16.0 Å². The minimum Gasteiger partial charge on any atom is -0.380 e. The number of hydrogen-bond donors (Lipinski definition) is 2. The first-order valence-corrected chi connectivity index (χ1v) is 6.82. The summed E-state index contributed by atoms with van der Waals surface area (Å²) in [6.07, 6.45) is 5.06. The number of hydrogen-bond acceptors (Lipinski definition) is 4. The second-order valence-corrected chi connectivity index (χ2v) is 4.48. The molecule has 0 aromatic carbocycles. The van der Waals surface area contributed by atoms with Crippen LogP contribution in [0.4, 0.5) is 0 Å². The summed E-state index contributed by atoms with van der Waals surface area (Å²) in [7, 11) is 0. The molecule has 0 aliphatic heterocycles.